The standard InChI is InChI=1S/C12H24F3N3OS.HI/c1-11(2,20-4)8-18-10(16-3)17-6-5-7-19-9-12(13,14)15;/h5-9H2,1-4H3,(H2,16,17,18);1H. The Bertz CT molecular complexity index is 302. The third kappa shape index (κ3) is 14.8. The lowest BCUT2D eigenvalue weighted by atomic mass is 10.2. The van der Waals surface area contributed by atoms with Crippen LogP contribution < -0.4 is 10.6 Å². The fourth-order valence-corrected chi connectivity index (χ4v) is 1.37. The molecular weight excluding hydrogens is 418 g/mol. The lowest BCUT2D eigenvalue weighted by Gasteiger charge is -2.23. The molecule has 0 spiro atoms. The molecule has 21 heavy (non-hydrogen) atoms. The normalized spacial score (nSPS) is 12.8. The van der Waals surface area contributed by atoms with Crippen LogP contribution in [0.15, 0.2) is 4.99 Å². The van der Waals surface area contributed by atoms with Crippen LogP contribution in [0.3, 0.4) is 0 Å². The van der Waals surface area contributed by atoms with Crippen LogP contribution in [0.1, 0.15) is 20.3 Å². The van der Waals surface area contributed by atoms with E-state index in [1.54, 1.807) is 18.8 Å². The van der Waals surface area contributed by atoms with Gasteiger partial charge in [-0.1, -0.05) is 0 Å². The third-order valence-electron chi connectivity index (χ3n) is 2.48. The molecule has 0 aromatic carbocycles. The average molecular weight is 443 g/mol. The zero-order valence-corrected chi connectivity index (χ0v) is 16.0. The van der Waals surface area contributed by atoms with Gasteiger partial charge in [0, 0.05) is 31.5 Å². The fourth-order valence-electron chi connectivity index (χ4n) is 1.16. The summed E-state index contributed by atoms with van der Waals surface area (Å²) >= 11 is 1.74. The van der Waals surface area contributed by atoms with E-state index in [1.165, 1.54) is 0 Å². The summed E-state index contributed by atoms with van der Waals surface area (Å²) in [5, 5.41) is 6.21. The Balaban J connectivity index is 0. The van der Waals surface area contributed by atoms with Gasteiger partial charge in [0.05, 0.1) is 0 Å². The molecule has 0 aromatic heterocycles. The summed E-state index contributed by atoms with van der Waals surface area (Å²) < 4.78 is 40.1. The van der Waals surface area contributed by atoms with Gasteiger partial charge in [-0.25, -0.2) is 0 Å². The average Bonchev–Trinajstić information content (AvgIpc) is 2.35. The fraction of sp³-hybridized carbons (Fsp3) is 0.917. The maximum atomic E-state index is 11.8. The number of thioether (sulfide) groups is 1. The van der Waals surface area contributed by atoms with Crippen LogP contribution >= 0.6 is 35.7 Å². The Morgan fingerprint density at radius 1 is 1.24 bits per heavy atom. The molecule has 9 heteroatoms. The van der Waals surface area contributed by atoms with Crippen LogP contribution in [0.4, 0.5) is 13.2 Å². The Morgan fingerprint density at radius 2 is 1.86 bits per heavy atom. The number of alkyl halides is 3. The molecular formula is C12H25F3IN3OS. The van der Waals surface area contributed by atoms with E-state index in [2.05, 4.69) is 34.2 Å². The summed E-state index contributed by atoms with van der Waals surface area (Å²) in [5.74, 6) is 0.642. The van der Waals surface area contributed by atoms with Crippen LogP contribution in [0, 0.1) is 0 Å². The first-order valence-electron chi connectivity index (χ1n) is 6.34. The molecule has 0 rings (SSSR count). The quantitative estimate of drug-likeness (QED) is 0.262. The maximum Gasteiger partial charge on any atom is 0.411 e. The molecule has 0 atom stereocenters. The van der Waals surface area contributed by atoms with Crippen LogP contribution in [0.2, 0.25) is 0 Å². The zero-order valence-electron chi connectivity index (χ0n) is 12.8. The van der Waals surface area contributed by atoms with E-state index >= 15 is 0 Å². The molecule has 0 fully saturated rings. The second-order valence-electron chi connectivity index (χ2n) is 4.84. The molecule has 0 saturated heterocycles. The second-order valence-corrected chi connectivity index (χ2v) is 6.35. The summed E-state index contributed by atoms with van der Waals surface area (Å²) in [7, 11) is 1.65. The summed E-state index contributed by atoms with van der Waals surface area (Å²) in [5.41, 5.74) is 0. The summed E-state index contributed by atoms with van der Waals surface area (Å²) in [6.45, 7) is 4.36. The Morgan fingerprint density at radius 3 is 2.33 bits per heavy atom. The summed E-state index contributed by atoms with van der Waals surface area (Å²) in [4.78, 5) is 4.05. The molecule has 0 bridgehead atoms. The number of nitrogens with one attached hydrogen (secondary N) is 2. The number of nitrogens with zero attached hydrogens (tertiary/aromatic N) is 1. The minimum absolute atomic E-state index is 0. The molecule has 2 N–H and O–H groups in total. The Labute approximate surface area is 146 Å². The number of halogens is 4. The van der Waals surface area contributed by atoms with Crippen molar-refractivity contribution >= 4 is 41.7 Å². The molecule has 0 saturated carbocycles. The highest BCUT2D eigenvalue weighted by Crippen LogP contribution is 2.19. The molecule has 0 unspecified atom stereocenters. The van der Waals surface area contributed by atoms with Gasteiger partial charge < -0.3 is 15.4 Å². The van der Waals surface area contributed by atoms with Crippen molar-refractivity contribution in [1.82, 2.24) is 10.6 Å². The SMILES string of the molecule is CN=C(NCCCOCC(F)(F)F)NCC(C)(C)SC.I. The van der Waals surface area contributed by atoms with Crippen molar-refractivity contribution < 1.29 is 17.9 Å². The Hall–Kier alpha value is 0.1000. The summed E-state index contributed by atoms with van der Waals surface area (Å²) in [6.07, 6.45) is -1.73. The Kier molecular flexibility index (Phi) is 13.0. The van der Waals surface area contributed by atoms with Gasteiger partial charge in [0.15, 0.2) is 5.96 Å². The van der Waals surface area contributed by atoms with Crippen molar-refractivity contribution in [2.75, 3.05) is 39.6 Å². The number of hydrogen-bond donors (Lipinski definition) is 2. The maximum absolute atomic E-state index is 11.8. The van der Waals surface area contributed by atoms with E-state index in [0.29, 0.717) is 18.9 Å². The molecule has 0 aliphatic heterocycles. The number of aliphatic imine (C=N–C) groups is 1. The summed E-state index contributed by atoms with van der Waals surface area (Å²) in [6, 6.07) is 0. The first-order valence-corrected chi connectivity index (χ1v) is 7.57. The predicted octanol–water partition coefficient (Wildman–Crippen LogP) is 2.88. The van der Waals surface area contributed by atoms with Crippen LogP contribution in [-0.4, -0.2) is 56.5 Å². The first-order chi connectivity index (χ1) is 9.20. The third-order valence-corrected chi connectivity index (χ3v) is 3.73. The van der Waals surface area contributed by atoms with Gasteiger partial charge in [-0.2, -0.15) is 24.9 Å². The number of rotatable bonds is 8. The van der Waals surface area contributed by atoms with Gasteiger partial charge in [0.25, 0.3) is 0 Å². The van der Waals surface area contributed by atoms with E-state index in [-0.39, 0.29) is 35.3 Å². The van der Waals surface area contributed by atoms with Crippen LogP contribution in [0.5, 0.6) is 0 Å². The van der Waals surface area contributed by atoms with E-state index in [0.717, 1.165) is 6.54 Å². The highest BCUT2D eigenvalue weighted by molar-refractivity contribution is 14.0. The molecule has 0 aliphatic carbocycles. The zero-order chi connectivity index (χ0) is 15.6. The van der Waals surface area contributed by atoms with Crippen molar-refractivity contribution in [3.63, 3.8) is 0 Å². The van der Waals surface area contributed by atoms with Crippen molar-refractivity contribution in [1.29, 1.82) is 0 Å². The van der Waals surface area contributed by atoms with E-state index in [9.17, 15) is 13.2 Å². The lowest BCUT2D eigenvalue weighted by Crippen LogP contribution is -2.43. The highest BCUT2D eigenvalue weighted by Gasteiger charge is 2.27. The van der Waals surface area contributed by atoms with Crippen LogP contribution in [-0.2, 0) is 4.74 Å². The molecule has 0 aromatic rings. The van der Waals surface area contributed by atoms with Gasteiger partial charge >= 0.3 is 6.18 Å². The largest absolute Gasteiger partial charge is 0.411 e. The topological polar surface area (TPSA) is 45.7 Å². The number of guanidine groups is 1. The van der Waals surface area contributed by atoms with E-state index in [1.807, 2.05) is 6.26 Å². The molecule has 0 radical (unpaired) electrons. The predicted molar refractivity (Wildman–Crippen MR) is 93.9 cm³/mol. The van der Waals surface area contributed by atoms with Gasteiger partial charge in [-0.05, 0) is 26.5 Å². The van der Waals surface area contributed by atoms with Crippen molar-refractivity contribution in [3.8, 4) is 0 Å². The number of hydrogen-bond acceptors (Lipinski definition) is 3. The molecule has 128 valence electrons. The molecule has 0 amide bonds. The van der Waals surface area contributed by atoms with E-state index < -0.39 is 12.8 Å². The van der Waals surface area contributed by atoms with Crippen LogP contribution in [0.25, 0.3) is 0 Å². The highest BCUT2D eigenvalue weighted by atomic mass is 127. The van der Waals surface area contributed by atoms with E-state index in [4.69, 9.17) is 0 Å². The van der Waals surface area contributed by atoms with Crippen molar-refractivity contribution in [3.05, 3.63) is 0 Å². The first kappa shape index (κ1) is 23.4. The minimum Gasteiger partial charge on any atom is -0.372 e. The van der Waals surface area contributed by atoms with Gasteiger partial charge in [-0.15, -0.1) is 24.0 Å². The smallest absolute Gasteiger partial charge is 0.372 e. The van der Waals surface area contributed by atoms with Gasteiger partial charge in [0.2, 0.25) is 0 Å². The lowest BCUT2D eigenvalue weighted by molar-refractivity contribution is -0.173. The second kappa shape index (κ2) is 11.6. The molecule has 0 heterocycles. The van der Waals surface area contributed by atoms with Crippen molar-refractivity contribution in [2.24, 2.45) is 4.99 Å². The van der Waals surface area contributed by atoms with Crippen molar-refractivity contribution in [2.45, 2.75) is 31.2 Å². The van der Waals surface area contributed by atoms with Gasteiger partial charge in [-0.3, -0.25) is 4.99 Å². The molecule has 0 aliphatic rings. The molecule has 4 nitrogen and oxygen atoms in total. The monoisotopic (exact) mass is 443 g/mol. The van der Waals surface area contributed by atoms with Gasteiger partial charge in [0.1, 0.15) is 6.61 Å². The number of ether oxygens (including phenoxy) is 1. The minimum atomic E-state index is -4.26.